The van der Waals surface area contributed by atoms with E-state index in [2.05, 4.69) is 0 Å². The number of hydrogen-bond donors (Lipinski definition) is 4. The summed E-state index contributed by atoms with van der Waals surface area (Å²) in [5.74, 6) is 0.501. The van der Waals surface area contributed by atoms with Crippen LogP contribution in [0.3, 0.4) is 0 Å². The van der Waals surface area contributed by atoms with Crippen molar-refractivity contribution in [3.63, 3.8) is 0 Å². The zero-order valence-corrected chi connectivity index (χ0v) is 15.1. The topological polar surface area (TPSA) is 107 Å². The van der Waals surface area contributed by atoms with Gasteiger partial charge in [0.05, 0.1) is 13.2 Å². The molecule has 6 heteroatoms. The summed E-state index contributed by atoms with van der Waals surface area (Å²) in [5.41, 5.74) is -1.14. The van der Waals surface area contributed by atoms with Gasteiger partial charge in [0.2, 0.25) is 0 Å². The highest BCUT2D eigenvalue weighted by molar-refractivity contribution is 6.09. The fraction of sp³-hybridized carbons (Fsp3) is 0.381. The van der Waals surface area contributed by atoms with E-state index in [0.29, 0.717) is 19.4 Å². The van der Waals surface area contributed by atoms with Gasteiger partial charge in [-0.15, -0.1) is 0 Å². The summed E-state index contributed by atoms with van der Waals surface area (Å²) >= 11 is 0. The molecule has 0 heterocycles. The number of ketones is 1. The molecular formula is C21H26O6. The number of carbonyl (C=O) groups is 1. The molecule has 4 N–H and O–H groups in total. The molecule has 1 unspecified atom stereocenters. The van der Waals surface area contributed by atoms with Crippen molar-refractivity contribution in [2.45, 2.75) is 37.1 Å². The molecule has 0 aliphatic heterocycles. The first-order valence-corrected chi connectivity index (χ1v) is 8.96. The molecule has 0 fully saturated rings. The van der Waals surface area contributed by atoms with Gasteiger partial charge in [-0.1, -0.05) is 36.4 Å². The van der Waals surface area contributed by atoms with Gasteiger partial charge in [0, 0.05) is 5.57 Å². The lowest BCUT2D eigenvalue weighted by atomic mass is 9.90. The number of para-hydroxylation sites is 1. The summed E-state index contributed by atoms with van der Waals surface area (Å²) in [7, 11) is 0. The van der Waals surface area contributed by atoms with Gasteiger partial charge in [-0.05, 0) is 43.5 Å². The van der Waals surface area contributed by atoms with Gasteiger partial charge < -0.3 is 25.2 Å². The number of benzene rings is 1. The minimum absolute atomic E-state index is 0.216. The fourth-order valence-corrected chi connectivity index (χ4v) is 2.76. The van der Waals surface area contributed by atoms with Crippen molar-refractivity contribution >= 4 is 5.78 Å². The highest BCUT2D eigenvalue weighted by Crippen LogP contribution is 2.31. The van der Waals surface area contributed by atoms with Crippen molar-refractivity contribution in [1.82, 2.24) is 0 Å². The molecule has 6 nitrogen and oxygen atoms in total. The first-order chi connectivity index (χ1) is 13.0. The Morgan fingerprint density at radius 1 is 1.15 bits per heavy atom. The number of hydrogen-bond acceptors (Lipinski definition) is 6. The molecule has 0 saturated heterocycles. The number of ether oxygens (including phenoxy) is 1. The number of rotatable bonds is 10. The average molecular weight is 374 g/mol. The summed E-state index contributed by atoms with van der Waals surface area (Å²) < 4.78 is 5.61. The third-order valence-corrected chi connectivity index (χ3v) is 4.36. The van der Waals surface area contributed by atoms with Crippen LogP contribution in [-0.4, -0.2) is 57.2 Å². The van der Waals surface area contributed by atoms with Gasteiger partial charge in [-0.3, -0.25) is 4.79 Å². The maximum absolute atomic E-state index is 12.0. The van der Waals surface area contributed by atoms with Crippen LogP contribution < -0.4 is 4.74 Å². The quantitative estimate of drug-likeness (QED) is 0.363. The summed E-state index contributed by atoms with van der Waals surface area (Å²) in [6, 6.07) is 9.46. The monoisotopic (exact) mass is 374 g/mol. The summed E-state index contributed by atoms with van der Waals surface area (Å²) in [6.07, 6.45) is 6.11. The summed E-state index contributed by atoms with van der Waals surface area (Å²) in [6.45, 7) is -0.0561. The zero-order valence-electron chi connectivity index (χ0n) is 15.1. The van der Waals surface area contributed by atoms with E-state index in [1.165, 1.54) is 30.4 Å². The molecule has 1 aromatic rings. The average Bonchev–Trinajstić information content (AvgIpc) is 2.96. The SMILES string of the molecule is O=C1C=CC(O)(CCCCOc2ccccc2)C1=CC=C[C@H](O)[C@H](O)CO. The van der Waals surface area contributed by atoms with Gasteiger partial charge in [-0.2, -0.15) is 0 Å². The lowest BCUT2D eigenvalue weighted by molar-refractivity contribution is -0.112. The van der Waals surface area contributed by atoms with E-state index in [9.17, 15) is 20.1 Å². The third-order valence-electron chi connectivity index (χ3n) is 4.36. The second-order valence-electron chi connectivity index (χ2n) is 6.45. The van der Waals surface area contributed by atoms with Gasteiger partial charge in [-0.25, -0.2) is 0 Å². The van der Waals surface area contributed by atoms with Crippen LogP contribution in [0, 0.1) is 0 Å². The Morgan fingerprint density at radius 3 is 2.59 bits per heavy atom. The van der Waals surface area contributed by atoms with Crippen molar-refractivity contribution in [3.8, 4) is 5.75 Å². The first kappa shape index (κ1) is 21.1. The Morgan fingerprint density at radius 2 is 1.89 bits per heavy atom. The summed E-state index contributed by atoms with van der Waals surface area (Å²) in [5, 5.41) is 38.4. The smallest absolute Gasteiger partial charge is 0.184 e. The van der Waals surface area contributed by atoms with Crippen molar-refractivity contribution in [2.75, 3.05) is 13.2 Å². The molecule has 0 aromatic heterocycles. The first-order valence-electron chi connectivity index (χ1n) is 8.96. The third kappa shape index (κ3) is 6.15. The van der Waals surface area contributed by atoms with E-state index in [0.717, 1.165) is 12.2 Å². The van der Waals surface area contributed by atoms with Crippen molar-refractivity contribution in [1.29, 1.82) is 0 Å². The van der Waals surface area contributed by atoms with E-state index < -0.39 is 24.4 Å². The number of unbranched alkanes of at least 4 members (excludes halogenated alkanes) is 1. The Bertz CT molecular complexity index is 694. The van der Waals surface area contributed by atoms with E-state index in [1.54, 1.807) is 0 Å². The van der Waals surface area contributed by atoms with Crippen LogP contribution in [0.2, 0.25) is 0 Å². The second-order valence-corrected chi connectivity index (χ2v) is 6.45. The van der Waals surface area contributed by atoms with Gasteiger partial charge in [0.25, 0.3) is 0 Å². The predicted octanol–water partition coefficient (Wildman–Crippen LogP) is 1.30. The maximum Gasteiger partial charge on any atom is 0.184 e. The van der Waals surface area contributed by atoms with Gasteiger partial charge in [0.15, 0.2) is 5.78 Å². The standard InChI is InChI=1S/C21H26O6/c22-15-20(25)19(24)10-6-9-17-18(23)11-13-21(17,26)12-4-5-14-27-16-7-2-1-3-8-16/h1-3,6-11,13,19-20,22,24-26H,4-5,12,14-15H2/t19-,20+,21?/m0/s1. The van der Waals surface area contributed by atoms with Crippen LogP contribution in [0.1, 0.15) is 19.3 Å². The molecule has 2 rings (SSSR count). The van der Waals surface area contributed by atoms with Gasteiger partial charge >= 0.3 is 0 Å². The molecule has 146 valence electrons. The Kier molecular flexibility index (Phi) is 7.94. The van der Waals surface area contributed by atoms with Crippen molar-refractivity contribution in [2.24, 2.45) is 0 Å². The highest BCUT2D eigenvalue weighted by Gasteiger charge is 2.36. The number of aliphatic hydroxyl groups excluding tert-OH is 3. The zero-order chi connectivity index (χ0) is 19.7. The molecule has 1 aliphatic carbocycles. The maximum atomic E-state index is 12.0. The minimum Gasteiger partial charge on any atom is -0.494 e. The van der Waals surface area contributed by atoms with E-state index in [-0.39, 0.29) is 11.4 Å². The number of allylic oxidation sites excluding steroid dienone is 3. The second kappa shape index (κ2) is 10.2. The molecule has 1 aliphatic rings. The number of aliphatic hydroxyl groups is 4. The molecule has 0 radical (unpaired) electrons. The predicted molar refractivity (Wildman–Crippen MR) is 101 cm³/mol. The van der Waals surface area contributed by atoms with Gasteiger partial charge in [0.1, 0.15) is 23.6 Å². The van der Waals surface area contributed by atoms with E-state index in [4.69, 9.17) is 9.84 Å². The van der Waals surface area contributed by atoms with Crippen LogP contribution in [0.25, 0.3) is 0 Å². The Labute approximate surface area is 158 Å². The molecule has 0 bridgehead atoms. The molecule has 1 aromatic carbocycles. The molecule has 0 saturated carbocycles. The van der Waals surface area contributed by atoms with Crippen LogP contribution >= 0.6 is 0 Å². The Balaban J connectivity index is 1.86. The number of carbonyl (C=O) groups excluding carboxylic acids is 1. The van der Waals surface area contributed by atoms with Crippen LogP contribution in [0.5, 0.6) is 5.75 Å². The highest BCUT2D eigenvalue weighted by atomic mass is 16.5. The van der Waals surface area contributed by atoms with Crippen molar-refractivity contribution < 1.29 is 30.0 Å². The Hall–Kier alpha value is -2.25. The van der Waals surface area contributed by atoms with E-state index >= 15 is 0 Å². The lowest BCUT2D eigenvalue weighted by Crippen LogP contribution is -2.28. The van der Waals surface area contributed by atoms with Crippen LogP contribution in [-0.2, 0) is 4.79 Å². The lowest BCUT2D eigenvalue weighted by Gasteiger charge is -2.22. The van der Waals surface area contributed by atoms with E-state index in [1.807, 2.05) is 30.3 Å². The largest absolute Gasteiger partial charge is 0.494 e. The fourth-order valence-electron chi connectivity index (χ4n) is 2.76. The molecule has 0 spiro atoms. The molecule has 3 atom stereocenters. The van der Waals surface area contributed by atoms with Crippen molar-refractivity contribution in [3.05, 3.63) is 66.3 Å². The molecule has 0 amide bonds. The normalized spacial score (nSPS) is 23.3. The molecule has 27 heavy (non-hydrogen) atoms. The minimum atomic E-state index is -1.35. The van der Waals surface area contributed by atoms with Crippen LogP contribution in [0.4, 0.5) is 0 Å². The van der Waals surface area contributed by atoms with Crippen LogP contribution in [0.15, 0.2) is 66.3 Å². The summed E-state index contributed by atoms with van der Waals surface area (Å²) in [4.78, 5) is 12.0. The molecular weight excluding hydrogens is 348 g/mol.